The molecule has 1 aromatic carbocycles. The topological polar surface area (TPSA) is 92.0 Å². The largest absolute Gasteiger partial charge is 0.471 e. The monoisotopic (exact) mass is 413 g/mol. The predicted molar refractivity (Wildman–Crippen MR) is 91.9 cm³/mol. The maximum Gasteiger partial charge on any atom is 0.471 e. The summed E-state index contributed by atoms with van der Waals surface area (Å²) in [6.07, 6.45) is -4.70. The molecule has 1 saturated heterocycles. The molecule has 0 N–H and O–H groups in total. The number of halogens is 3. The number of rotatable bonds is 4. The molecule has 156 valence electrons. The van der Waals surface area contributed by atoms with E-state index in [1.54, 1.807) is 29.2 Å². The molecule has 29 heavy (non-hydrogen) atoms. The van der Waals surface area contributed by atoms with Gasteiger partial charge in [-0.15, -0.1) is 0 Å². The van der Waals surface area contributed by atoms with Gasteiger partial charge in [0.2, 0.25) is 11.7 Å². The quantitative estimate of drug-likeness (QED) is 0.712. The standard InChI is InChI=1S/C17H18F3N5O4/c1-23(28-2)16(27)25-8-7-24(13(26)10-25)9-11-3-5-12(6-4-11)14-21-15(29-22-14)17(18,19)20/h3-6H,7-10H2,1-2H3. The van der Waals surface area contributed by atoms with Gasteiger partial charge in [0.1, 0.15) is 6.54 Å². The first-order chi connectivity index (χ1) is 13.7. The molecule has 0 unspecified atom stereocenters. The maximum atomic E-state index is 12.6. The van der Waals surface area contributed by atoms with Crippen molar-refractivity contribution in [2.45, 2.75) is 12.7 Å². The van der Waals surface area contributed by atoms with Crippen LogP contribution in [0.5, 0.6) is 0 Å². The number of urea groups is 1. The number of carbonyl (C=O) groups excluding carboxylic acids is 2. The van der Waals surface area contributed by atoms with Gasteiger partial charge in [-0.25, -0.2) is 9.86 Å². The molecule has 3 rings (SSSR count). The van der Waals surface area contributed by atoms with E-state index in [2.05, 4.69) is 14.7 Å². The Morgan fingerprint density at radius 1 is 1.28 bits per heavy atom. The lowest BCUT2D eigenvalue weighted by atomic mass is 10.1. The van der Waals surface area contributed by atoms with Crippen molar-refractivity contribution in [3.8, 4) is 11.4 Å². The summed E-state index contributed by atoms with van der Waals surface area (Å²) in [6.45, 7) is 0.956. The molecule has 1 aliphatic rings. The Morgan fingerprint density at radius 3 is 2.52 bits per heavy atom. The molecule has 0 spiro atoms. The summed E-state index contributed by atoms with van der Waals surface area (Å²) < 4.78 is 41.9. The molecule has 1 aromatic heterocycles. The van der Waals surface area contributed by atoms with Crippen LogP contribution in [0.1, 0.15) is 11.5 Å². The van der Waals surface area contributed by atoms with Crippen LogP contribution in [0.25, 0.3) is 11.4 Å². The molecule has 2 aromatic rings. The molecule has 9 nitrogen and oxygen atoms in total. The normalized spacial score (nSPS) is 15.0. The van der Waals surface area contributed by atoms with E-state index in [0.717, 1.165) is 10.6 Å². The highest BCUT2D eigenvalue weighted by Gasteiger charge is 2.38. The average molecular weight is 413 g/mol. The van der Waals surface area contributed by atoms with Crippen LogP contribution in [0.2, 0.25) is 0 Å². The summed E-state index contributed by atoms with van der Waals surface area (Å²) >= 11 is 0. The second-order valence-electron chi connectivity index (χ2n) is 6.32. The van der Waals surface area contributed by atoms with Crippen molar-refractivity contribution in [2.24, 2.45) is 0 Å². The summed E-state index contributed by atoms with van der Waals surface area (Å²) in [7, 11) is 2.82. The van der Waals surface area contributed by atoms with Gasteiger partial charge in [0.15, 0.2) is 0 Å². The molecule has 0 aliphatic carbocycles. The van der Waals surface area contributed by atoms with Crippen molar-refractivity contribution in [1.82, 2.24) is 25.0 Å². The van der Waals surface area contributed by atoms with Crippen molar-refractivity contribution in [3.05, 3.63) is 35.7 Å². The van der Waals surface area contributed by atoms with E-state index >= 15 is 0 Å². The summed E-state index contributed by atoms with van der Waals surface area (Å²) in [4.78, 5) is 35.5. The number of carbonyl (C=O) groups is 2. The summed E-state index contributed by atoms with van der Waals surface area (Å²) in [5.41, 5.74) is 1.13. The van der Waals surface area contributed by atoms with Crippen LogP contribution in [0.4, 0.5) is 18.0 Å². The first-order valence-corrected chi connectivity index (χ1v) is 8.53. The summed E-state index contributed by atoms with van der Waals surface area (Å²) in [5, 5.41) is 4.38. The molecular weight excluding hydrogens is 395 g/mol. The van der Waals surface area contributed by atoms with Crippen LogP contribution in [-0.2, 0) is 22.4 Å². The lowest BCUT2D eigenvalue weighted by Gasteiger charge is -2.35. The smallest absolute Gasteiger partial charge is 0.335 e. The number of amides is 3. The van der Waals surface area contributed by atoms with Crippen molar-refractivity contribution in [3.63, 3.8) is 0 Å². The van der Waals surface area contributed by atoms with Crippen LogP contribution >= 0.6 is 0 Å². The minimum absolute atomic E-state index is 0.0618. The molecule has 0 saturated carbocycles. The Labute approximate surface area is 163 Å². The molecule has 1 fully saturated rings. The fraction of sp³-hybridized carbons (Fsp3) is 0.412. The van der Waals surface area contributed by atoms with E-state index < -0.39 is 18.1 Å². The molecule has 0 atom stereocenters. The molecule has 0 bridgehead atoms. The highest BCUT2D eigenvalue weighted by Crippen LogP contribution is 2.29. The van der Waals surface area contributed by atoms with Crippen LogP contribution < -0.4 is 0 Å². The van der Waals surface area contributed by atoms with Crippen molar-refractivity contribution >= 4 is 11.9 Å². The molecular formula is C17H18F3N5O4. The van der Waals surface area contributed by atoms with E-state index in [9.17, 15) is 22.8 Å². The first kappa shape index (κ1) is 20.6. The number of piperazine rings is 1. The van der Waals surface area contributed by atoms with Crippen LogP contribution in [-0.4, -0.2) is 70.7 Å². The average Bonchev–Trinajstić information content (AvgIpc) is 3.19. The van der Waals surface area contributed by atoms with Gasteiger partial charge in [0, 0.05) is 32.2 Å². The Kier molecular flexibility index (Phi) is 5.73. The summed E-state index contributed by atoms with van der Waals surface area (Å²) in [5.74, 6) is -1.80. The predicted octanol–water partition coefficient (Wildman–Crippen LogP) is 2.01. The van der Waals surface area contributed by atoms with Gasteiger partial charge in [-0.3, -0.25) is 9.63 Å². The number of alkyl halides is 3. The third-order valence-electron chi connectivity index (χ3n) is 4.39. The molecule has 0 radical (unpaired) electrons. The van der Waals surface area contributed by atoms with E-state index in [-0.39, 0.29) is 18.3 Å². The molecule has 1 aliphatic heterocycles. The van der Waals surface area contributed by atoms with Crippen molar-refractivity contribution in [2.75, 3.05) is 33.8 Å². The van der Waals surface area contributed by atoms with Gasteiger partial charge in [0.25, 0.3) is 0 Å². The van der Waals surface area contributed by atoms with Gasteiger partial charge < -0.3 is 14.3 Å². The second-order valence-corrected chi connectivity index (χ2v) is 6.32. The number of aromatic nitrogens is 2. The second kappa shape index (κ2) is 8.07. The highest BCUT2D eigenvalue weighted by molar-refractivity contribution is 5.85. The Morgan fingerprint density at radius 2 is 1.97 bits per heavy atom. The van der Waals surface area contributed by atoms with E-state index in [4.69, 9.17) is 4.84 Å². The van der Waals surface area contributed by atoms with Gasteiger partial charge >= 0.3 is 18.1 Å². The minimum Gasteiger partial charge on any atom is -0.335 e. The Bertz CT molecular complexity index is 884. The van der Waals surface area contributed by atoms with Gasteiger partial charge in [0.05, 0.1) is 7.11 Å². The van der Waals surface area contributed by atoms with Gasteiger partial charge in [-0.05, 0) is 5.56 Å². The fourth-order valence-corrected chi connectivity index (χ4v) is 2.75. The molecule has 2 heterocycles. The van der Waals surface area contributed by atoms with E-state index in [0.29, 0.717) is 25.2 Å². The zero-order valence-corrected chi connectivity index (χ0v) is 15.6. The van der Waals surface area contributed by atoms with Crippen LogP contribution in [0, 0.1) is 0 Å². The third kappa shape index (κ3) is 4.65. The summed E-state index contributed by atoms with van der Waals surface area (Å²) in [6, 6.07) is 6.05. The highest BCUT2D eigenvalue weighted by atomic mass is 19.4. The molecule has 3 amide bonds. The van der Waals surface area contributed by atoms with Crippen LogP contribution in [0.15, 0.2) is 28.8 Å². The van der Waals surface area contributed by atoms with Crippen molar-refractivity contribution in [1.29, 1.82) is 0 Å². The number of nitrogens with zero attached hydrogens (tertiary/aromatic N) is 5. The number of hydrogen-bond acceptors (Lipinski definition) is 6. The molecule has 12 heteroatoms. The minimum atomic E-state index is -4.70. The van der Waals surface area contributed by atoms with E-state index in [1.807, 2.05) is 0 Å². The number of benzene rings is 1. The third-order valence-corrected chi connectivity index (χ3v) is 4.39. The SMILES string of the molecule is CON(C)C(=O)N1CCN(Cc2ccc(-c3noc(C(F)(F)F)n3)cc2)C(=O)C1. The van der Waals surface area contributed by atoms with Gasteiger partial charge in [-0.2, -0.15) is 18.2 Å². The van der Waals surface area contributed by atoms with Crippen molar-refractivity contribution < 1.29 is 32.1 Å². The lowest BCUT2D eigenvalue weighted by molar-refractivity contribution is -0.159. The zero-order chi connectivity index (χ0) is 21.2. The van der Waals surface area contributed by atoms with Crippen LogP contribution in [0.3, 0.4) is 0 Å². The first-order valence-electron chi connectivity index (χ1n) is 8.53. The number of hydrogen-bond donors (Lipinski definition) is 0. The zero-order valence-electron chi connectivity index (χ0n) is 15.6. The number of hydroxylamine groups is 2. The van der Waals surface area contributed by atoms with E-state index in [1.165, 1.54) is 19.1 Å². The Balaban J connectivity index is 1.61. The van der Waals surface area contributed by atoms with Gasteiger partial charge in [-0.1, -0.05) is 29.4 Å². The Hall–Kier alpha value is -3.15. The fourth-order valence-electron chi connectivity index (χ4n) is 2.75. The maximum absolute atomic E-state index is 12.6. The lowest BCUT2D eigenvalue weighted by Crippen LogP contribution is -2.54.